The molecule has 4 nitrogen and oxygen atoms in total. The quantitative estimate of drug-likeness (QED) is 0.771. The van der Waals surface area contributed by atoms with Gasteiger partial charge in [0, 0.05) is 17.9 Å². The molecule has 0 radical (unpaired) electrons. The molecule has 3 heterocycles. The summed E-state index contributed by atoms with van der Waals surface area (Å²) in [6.45, 7) is 4.85. The highest BCUT2D eigenvalue weighted by atomic mass is 32.2. The normalized spacial score (nSPS) is 24.7. The van der Waals surface area contributed by atoms with Gasteiger partial charge in [-0.25, -0.2) is 0 Å². The van der Waals surface area contributed by atoms with E-state index in [2.05, 4.69) is 30.4 Å². The number of benzene rings is 1. The summed E-state index contributed by atoms with van der Waals surface area (Å²) in [6.07, 6.45) is 0.927. The third-order valence-corrected chi connectivity index (χ3v) is 6.81. The molecule has 132 valence electrons. The van der Waals surface area contributed by atoms with Crippen molar-refractivity contribution in [3.05, 3.63) is 46.2 Å². The molecule has 0 fully saturated rings. The van der Waals surface area contributed by atoms with Gasteiger partial charge in [0.05, 0.1) is 4.88 Å². The second-order valence-corrected chi connectivity index (χ2v) is 8.65. The van der Waals surface area contributed by atoms with E-state index in [1.54, 1.807) is 11.3 Å². The summed E-state index contributed by atoms with van der Waals surface area (Å²) in [5.74, 6) is 3.42. The lowest BCUT2D eigenvalue weighted by atomic mass is 10.0. The van der Waals surface area contributed by atoms with E-state index in [1.807, 2.05) is 36.0 Å². The largest absolute Gasteiger partial charge is 0.486 e. The van der Waals surface area contributed by atoms with Gasteiger partial charge in [0.1, 0.15) is 24.0 Å². The Morgan fingerprint density at radius 1 is 1.28 bits per heavy atom. The molecule has 4 rings (SSSR count). The molecule has 0 aliphatic carbocycles. The van der Waals surface area contributed by atoms with Crippen LogP contribution in [0.2, 0.25) is 0 Å². The zero-order valence-corrected chi connectivity index (χ0v) is 16.0. The van der Waals surface area contributed by atoms with Crippen molar-refractivity contribution in [2.75, 3.05) is 18.1 Å². The molecule has 1 aromatic heterocycles. The molecule has 2 aromatic rings. The first-order valence-corrected chi connectivity index (χ1v) is 10.4. The van der Waals surface area contributed by atoms with Crippen molar-refractivity contribution < 1.29 is 14.3 Å². The van der Waals surface area contributed by atoms with E-state index in [-0.39, 0.29) is 11.7 Å². The number of thioether (sulfide) groups is 1. The number of para-hydroxylation sites is 2. The lowest BCUT2D eigenvalue weighted by molar-refractivity contribution is 0.0162. The first-order valence-electron chi connectivity index (χ1n) is 8.39. The first-order chi connectivity index (χ1) is 12.1. The lowest BCUT2D eigenvalue weighted by Gasteiger charge is -2.27. The predicted octanol–water partition coefficient (Wildman–Crippen LogP) is 4.51. The Bertz CT molecular complexity index is 788. The molecule has 0 bridgehead atoms. The Morgan fingerprint density at radius 3 is 2.92 bits per heavy atom. The van der Waals surface area contributed by atoms with E-state index in [0.717, 1.165) is 35.1 Å². The summed E-state index contributed by atoms with van der Waals surface area (Å²) in [7, 11) is 0. The average molecular weight is 376 g/mol. The van der Waals surface area contributed by atoms with Gasteiger partial charge in [-0.05, 0) is 43.0 Å². The first kappa shape index (κ1) is 16.8. The van der Waals surface area contributed by atoms with Gasteiger partial charge in [0.25, 0.3) is 0 Å². The van der Waals surface area contributed by atoms with Crippen LogP contribution in [0.3, 0.4) is 0 Å². The van der Waals surface area contributed by atoms with Crippen LogP contribution in [-0.4, -0.2) is 35.5 Å². The highest BCUT2D eigenvalue weighted by Gasteiger charge is 2.36. The standard InChI is InChI=1S/C19H21NO3S2/c1-13-7-8-25-18(13)15-9-19(2,23-20-15)12-24-11-14-10-21-16-5-3-4-6-17(16)22-14/h3-8,14H,9-12H2,1-2H3. The summed E-state index contributed by atoms with van der Waals surface area (Å²) in [4.78, 5) is 7.02. The minimum absolute atomic E-state index is 0.0739. The SMILES string of the molecule is Cc1ccsc1C1=NOC(C)(CSCC2COc3ccccc3O2)C1. The summed E-state index contributed by atoms with van der Waals surface area (Å²) < 4.78 is 11.8. The van der Waals surface area contributed by atoms with Crippen LogP contribution < -0.4 is 9.47 Å². The van der Waals surface area contributed by atoms with Crippen molar-refractivity contribution in [1.82, 2.24) is 0 Å². The number of rotatable bonds is 5. The molecule has 0 saturated heterocycles. The molecule has 0 amide bonds. The van der Waals surface area contributed by atoms with E-state index in [0.29, 0.717) is 6.61 Å². The van der Waals surface area contributed by atoms with Crippen LogP contribution in [0.5, 0.6) is 11.5 Å². The smallest absolute Gasteiger partial charge is 0.161 e. The minimum atomic E-state index is -0.246. The van der Waals surface area contributed by atoms with Crippen molar-refractivity contribution in [2.45, 2.75) is 32.0 Å². The van der Waals surface area contributed by atoms with Gasteiger partial charge in [-0.3, -0.25) is 0 Å². The Morgan fingerprint density at radius 2 is 2.12 bits per heavy atom. The molecule has 0 spiro atoms. The summed E-state index contributed by atoms with van der Waals surface area (Å²) >= 11 is 3.57. The Kier molecular flexibility index (Phi) is 4.65. The lowest BCUT2D eigenvalue weighted by Crippen LogP contribution is -2.33. The predicted molar refractivity (Wildman–Crippen MR) is 103 cm³/mol. The summed E-state index contributed by atoms with van der Waals surface area (Å²) in [6, 6.07) is 9.96. The highest BCUT2D eigenvalue weighted by molar-refractivity contribution is 7.99. The molecule has 2 atom stereocenters. The average Bonchev–Trinajstić information content (AvgIpc) is 3.21. The molecule has 25 heavy (non-hydrogen) atoms. The second kappa shape index (κ2) is 6.92. The van der Waals surface area contributed by atoms with Gasteiger partial charge >= 0.3 is 0 Å². The zero-order valence-electron chi connectivity index (χ0n) is 14.4. The maximum Gasteiger partial charge on any atom is 0.161 e. The number of fused-ring (bicyclic) bond motifs is 1. The van der Waals surface area contributed by atoms with Crippen molar-refractivity contribution in [3.8, 4) is 11.5 Å². The van der Waals surface area contributed by atoms with Crippen molar-refractivity contribution in [1.29, 1.82) is 0 Å². The van der Waals surface area contributed by atoms with E-state index >= 15 is 0 Å². The number of thiophene rings is 1. The maximum absolute atomic E-state index is 6.01. The van der Waals surface area contributed by atoms with Gasteiger partial charge in [0.15, 0.2) is 11.5 Å². The van der Waals surface area contributed by atoms with Gasteiger partial charge in [-0.2, -0.15) is 11.8 Å². The fourth-order valence-corrected chi connectivity index (χ4v) is 5.04. The van der Waals surface area contributed by atoms with Crippen LogP contribution in [0.4, 0.5) is 0 Å². The monoisotopic (exact) mass is 375 g/mol. The maximum atomic E-state index is 6.01. The molecule has 2 unspecified atom stereocenters. The molecular formula is C19H21NO3S2. The molecule has 0 N–H and O–H groups in total. The van der Waals surface area contributed by atoms with Gasteiger partial charge in [0.2, 0.25) is 0 Å². The topological polar surface area (TPSA) is 40.0 Å². The van der Waals surface area contributed by atoms with Gasteiger partial charge in [-0.1, -0.05) is 17.3 Å². The minimum Gasteiger partial charge on any atom is -0.486 e. The van der Waals surface area contributed by atoms with Crippen LogP contribution in [-0.2, 0) is 4.84 Å². The van der Waals surface area contributed by atoms with Gasteiger partial charge < -0.3 is 14.3 Å². The fourth-order valence-electron chi connectivity index (χ4n) is 3.00. The Labute approximate surface area is 156 Å². The number of ether oxygens (including phenoxy) is 2. The summed E-state index contributed by atoms with van der Waals surface area (Å²) in [5.41, 5.74) is 2.10. The molecule has 2 aliphatic heterocycles. The number of nitrogens with zero attached hydrogens (tertiary/aromatic N) is 1. The van der Waals surface area contributed by atoms with Crippen LogP contribution in [0.25, 0.3) is 0 Å². The molecule has 1 aromatic carbocycles. The fraction of sp³-hybridized carbons (Fsp3) is 0.421. The molecule has 2 aliphatic rings. The molecule has 0 saturated carbocycles. The highest BCUT2D eigenvalue weighted by Crippen LogP contribution is 2.34. The van der Waals surface area contributed by atoms with E-state index in [1.165, 1.54) is 10.4 Å². The van der Waals surface area contributed by atoms with Crippen molar-refractivity contribution in [2.24, 2.45) is 5.16 Å². The van der Waals surface area contributed by atoms with Crippen molar-refractivity contribution >= 4 is 28.8 Å². The molecule has 6 heteroatoms. The van der Waals surface area contributed by atoms with Crippen LogP contribution in [0.15, 0.2) is 40.9 Å². The van der Waals surface area contributed by atoms with E-state index in [9.17, 15) is 0 Å². The van der Waals surface area contributed by atoms with Crippen LogP contribution >= 0.6 is 23.1 Å². The third-order valence-electron chi connectivity index (χ3n) is 4.32. The zero-order chi connectivity index (χ0) is 17.3. The summed E-state index contributed by atoms with van der Waals surface area (Å²) in [5, 5.41) is 6.45. The number of aryl methyl sites for hydroxylation is 1. The van der Waals surface area contributed by atoms with E-state index in [4.69, 9.17) is 14.3 Å². The molecular weight excluding hydrogens is 354 g/mol. The number of hydrogen-bond donors (Lipinski definition) is 0. The van der Waals surface area contributed by atoms with E-state index < -0.39 is 0 Å². The van der Waals surface area contributed by atoms with Crippen LogP contribution in [0.1, 0.15) is 23.8 Å². The number of oxime groups is 1. The Balaban J connectivity index is 1.28. The van der Waals surface area contributed by atoms with Crippen LogP contribution in [0, 0.1) is 6.92 Å². The van der Waals surface area contributed by atoms with Gasteiger partial charge in [-0.15, -0.1) is 11.3 Å². The number of hydrogen-bond acceptors (Lipinski definition) is 6. The Hall–Kier alpha value is -1.66. The second-order valence-electron chi connectivity index (χ2n) is 6.70. The third kappa shape index (κ3) is 3.65. The van der Waals surface area contributed by atoms with Crippen molar-refractivity contribution in [3.63, 3.8) is 0 Å².